The van der Waals surface area contributed by atoms with Gasteiger partial charge in [-0.2, -0.15) is 0 Å². The Labute approximate surface area is 127 Å². The van der Waals surface area contributed by atoms with Crippen molar-refractivity contribution in [2.24, 2.45) is 11.8 Å². The van der Waals surface area contributed by atoms with Gasteiger partial charge in [0.05, 0.1) is 0 Å². The maximum absolute atomic E-state index is 11.9. The molecule has 0 radical (unpaired) electrons. The van der Waals surface area contributed by atoms with E-state index in [4.69, 9.17) is 5.11 Å². The fourth-order valence-electron chi connectivity index (χ4n) is 2.87. The fraction of sp³-hybridized carbons (Fsp3) is 0.875. The lowest BCUT2D eigenvalue weighted by Crippen LogP contribution is -2.45. The second-order valence-corrected chi connectivity index (χ2v) is 6.45. The number of carboxylic acid groups (broad SMARTS) is 1. The van der Waals surface area contributed by atoms with Crippen LogP contribution in [0.2, 0.25) is 0 Å². The zero-order chi connectivity index (χ0) is 15.7. The summed E-state index contributed by atoms with van der Waals surface area (Å²) in [5, 5.41) is 14.6. The lowest BCUT2D eigenvalue weighted by molar-refractivity contribution is -0.137. The van der Waals surface area contributed by atoms with Crippen LogP contribution in [0, 0.1) is 11.8 Å². The molecule has 1 fully saturated rings. The van der Waals surface area contributed by atoms with Crippen LogP contribution in [0.1, 0.15) is 65.2 Å². The number of carbonyl (C=O) groups excluding carboxylic acids is 1. The van der Waals surface area contributed by atoms with Crippen LogP contribution >= 0.6 is 0 Å². The van der Waals surface area contributed by atoms with E-state index in [0.29, 0.717) is 24.8 Å². The topological polar surface area (TPSA) is 78.4 Å². The van der Waals surface area contributed by atoms with Crippen LogP contribution in [0.15, 0.2) is 0 Å². The van der Waals surface area contributed by atoms with Gasteiger partial charge in [0.25, 0.3) is 0 Å². The molecule has 1 rings (SSSR count). The first-order valence-corrected chi connectivity index (χ1v) is 8.25. The molecule has 0 aromatic heterocycles. The smallest absolute Gasteiger partial charge is 0.315 e. The second-order valence-electron chi connectivity index (χ2n) is 6.45. The first-order chi connectivity index (χ1) is 9.99. The van der Waals surface area contributed by atoms with Gasteiger partial charge in [0.2, 0.25) is 0 Å². The summed E-state index contributed by atoms with van der Waals surface area (Å²) >= 11 is 0. The number of urea groups is 1. The highest BCUT2D eigenvalue weighted by atomic mass is 16.4. The van der Waals surface area contributed by atoms with Crippen molar-refractivity contribution in [3.05, 3.63) is 0 Å². The normalized spacial score (nSPS) is 23.9. The summed E-state index contributed by atoms with van der Waals surface area (Å²) in [5.74, 6) is 0.112. The Balaban J connectivity index is 2.16. The molecule has 0 heterocycles. The third kappa shape index (κ3) is 7.93. The van der Waals surface area contributed by atoms with Crippen LogP contribution in [0.3, 0.4) is 0 Å². The molecular weight excluding hydrogens is 268 g/mol. The third-order valence-electron chi connectivity index (χ3n) is 4.45. The van der Waals surface area contributed by atoms with Crippen molar-refractivity contribution < 1.29 is 14.7 Å². The van der Waals surface area contributed by atoms with Gasteiger partial charge in [0.15, 0.2) is 0 Å². The van der Waals surface area contributed by atoms with Crippen molar-refractivity contribution in [2.75, 3.05) is 6.54 Å². The predicted molar refractivity (Wildman–Crippen MR) is 83.2 cm³/mol. The van der Waals surface area contributed by atoms with Crippen LogP contribution in [0.5, 0.6) is 0 Å². The summed E-state index contributed by atoms with van der Waals surface area (Å²) < 4.78 is 0. The van der Waals surface area contributed by atoms with Crippen molar-refractivity contribution in [3.63, 3.8) is 0 Å². The highest BCUT2D eigenvalue weighted by molar-refractivity contribution is 5.74. The Hall–Kier alpha value is -1.26. The predicted octanol–water partition coefficient (Wildman–Crippen LogP) is 3.15. The van der Waals surface area contributed by atoms with E-state index in [0.717, 1.165) is 12.8 Å². The number of aliphatic carboxylic acids is 1. The van der Waals surface area contributed by atoms with E-state index in [9.17, 15) is 9.59 Å². The van der Waals surface area contributed by atoms with E-state index in [1.165, 1.54) is 25.7 Å². The van der Waals surface area contributed by atoms with E-state index < -0.39 is 5.97 Å². The quantitative estimate of drug-likeness (QED) is 0.632. The Morgan fingerprint density at radius 1 is 1.19 bits per heavy atom. The Morgan fingerprint density at radius 3 is 2.62 bits per heavy atom. The molecule has 0 aromatic rings. The van der Waals surface area contributed by atoms with Crippen LogP contribution in [0.25, 0.3) is 0 Å². The van der Waals surface area contributed by atoms with Gasteiger partial charge in [-0.25, -0.2) is 4.79 Å². The standard InChI is InChI=1S/C16H30N2O3/c1-12(8-9-15(19)20)10-11-17-16(21)18-14-7-5-3-4-6-13(14)2/h12-14H,3-11H2,1-2H3,(H,19,20)(H2,17,18,21). The number of amides is 2. The second kappa shape index (κ2) is 9.64. The van der Waals surface area contributed by atoms with Crippen LogP contribution in [0.4, 0.5) is 4.79 Å². The maximum atomic E-state index is 11.9. The van der Waals surface area contributed by atoms with Crippen molar-refractivity contribution in [3.8, 4) is 0 Å². The zero-order valence-corrected chi connectivity index (χ0v) is 13.4. The average Bonchev–Trinajstić information content (AvgIpc) is 2.62. The number of rotatable bonds is 7. The molecule has 0 aromatic carbocycles. The lowest BCUT2D eigenvalue weighted by Gasteiger charge is -2.23. The zero-order valence-electron chi connectivity index (χ0n) is 13.4. The molecule has 21 heavy (non-hydrogen) atoms. The molecule has 0 spiro atoms. The summed E-state index contributed by atoms with van der Waals surface area (Å²) in [6, 6.07) is 0.205. The summed E-state index contributed by atoms with van der Waals surface area (Å²) in [6.07, 6.45) is 7.68. The number of hydrogen-bond donors (Lipinski definition) is 3. The molecule has 1 aliphatic carbocycles. The minimum Gasteiger partial charge on any atom is -0.481 e. The molecule has 0 aliphatic heterocycles. The SMILES string of the molecule is CC(CCNC(=O)NC1CCCCCC1C)CCC(=O)O. The van der Waals surface area contributed by atoms with Gasteiger partial charge in [-0.3, -0.25) is 4.79 Å². The Bertz CT molecular complexity index is 333. The highest BCUT2D eigenvalue weighted by Gasteiger charge is 2.21. The molecule has 0 bridgehead atoms. The van der Waals surface area contributed by atoms with Gasteiger partial charge in [-0.05, 0) is 37.5 Å². The molecule has 1 saturated carbocycles. The van der Waals surface area contributed by atoms with Crippen molar-refractivity contribution in [2.45, 2.75) is 71.3 Å². The average molecular weight is 298 g/mol. The van der Waals surface area contributed by atoms with E-state index in [-0.39, 0.29) is 18.5 Å². The van der Waals surface area contributed by atoms with Gasteiger partial charge in [0, 0.05) is 19.0 Å². The molecule has 5 heteroatoms. The van der Waals surface area contributed by atoms with Crippen LogP contribution in [-0.4, -0.2) is 29.7 Å². The summed E-state index contributed by atoms with van der Waals surface area (Å²) in [5.41, 5.74) is 0. The number of hydrogen-bond acceptors (Lipinski definition) is 2. The molecule has 3 atom stereocenters. The third-order valence-corrected chi connectivity index (χ3v) is 4.45. The van der Waals surface area contributed by atoms with Crippen molar-refractivity contribution in [1.82, 2.24) is 10.6 Å². The molecule has 122 valence electrons. The first-order valence-electron chi connectivity index (χ1n) is 8.25. The maximum Gasteiger partial charge on any atom is 0.315 e. The van der Waals surface area contributed by atoms with Crippen LogP contribution in [-0.2, 0) is 4.79 Å². The Morgan fingerprint density at radius 2 is 1.90 bits per heavy atom. The molecule has 3 unspecified atom stereocenters. The Kier molecular flexibility index (Phi) is 8.16. The number of carbonyl (C=O) groups is 2. The fourth-order valence-corrected chi connectivity index (χ4v) is 2.87. The lowest BCUT2D eigenvalue weighted by atomic mass is 9.97. The summed E-state index contributed by atoms with van der Waals surface area (Å²) in [7, 11) is 0. The first kappa shape index (κ1) is 17.8. The van der Waals surface area contributed by atoms with Gasteiger partial charge in [0.1, 0.15) is 0 Å². The molecule has 5 nitrogen and oxygen atoms in total. The minimum atomic E-state index is -0.755. The van der Waals surface area contributed by atoms with Gasteiger partial charge in [-0.1, -0.05) is 33.1 Å². The van der Waals surface area contributed by atoms with E-state index in [1.54, 1.807) is 0 Å². The largest absolute Gasteiger partial charge is 0.481 e. The van der Waals surface area contributed by atoms with E-state index in [2.05, 4.69) is 17.6 Å². The number of carboxylic acids is 1. The molecule has 2 amide bonds. The van der Waals surface area contributed by atoms with Gasteiger partial charge in [-0.15, -0.1) is 0 Å². The monoisotopic (exact) mass is 298 g/mol. The molecule has 1 aliphatic rings. The van der Waals surface area contributed by atoms with Crippen LogP contribution < -0.4 is 10.6 Å². The molecule has 3 N–H and O–H groups in total. The minimum absolute atomic E-state index is 0.0841. The van der Waals surface area contributed by atoms with Gasteiger partial charge < -0.3 is 15.7 Å². The van der Waals surface area contributed by atoms with E-state index >= 15 is 0 Å². The highest BCUT2D eigenvalue weighted by Crippen LogP contribution is 2.22. The summed E-state index contributed by atoms with van der Waals surface area (Å²) in [4.78, 5) is 22.4. The van der Waals surface area contributed by atoms with E-state index in [1.807, 2.05) is 6.92 Å². The van der Waals surface area contributed by atoms with Crippen molar-refractivity contribution in [1.29, 1.82) is 0 Å². The van der Waals surface area contributed by atoms with Crippen molar-refractivity contribution >= 4 is 12.0 Å². The molecule has 0 saturated heterocycles. The van der Waals surface area contributed by atoms with Gasteiger partial charge >= 0.3 is 12.0 Å². The summed E-state index contributed by atoms with van der Waals surface area (Å²) in [6.45, 7) is 4.84. The molecular formula is C16H30N2O3. The number of nitrogens with one attached hydrogen (secondary N) is 2.